The minimum absolute atomic E-state index is 0. The predicted molar refractivity (Wildman–Crippen MR) is 64.7 cm³/mol. The van der Waals surface area contributed by atoms with E-state index in [1.165, 1.54) is 0 Å². The number of rotatable bonds is 1. The Morgan fingerprint density at radius 2 is 1.60 bits per heavy atom. The van der Waals surface area contributed by atoms with E-state index >= 15 is 0 Å². The summed E-state index contributed by atoms with van der Waals surface area (Å²) in [5, 5.41) is 0. The summed E-state index contributed by atoms with van der Waals surface area (Å²) in [6.07, 6.45) is 1.55. The van der Waals surface area contributed by atoms with Gasteiger partial charge in [0.15, 0.2) is 0 Å². The van der Waals surface area contributed by atoms with Gasteiger partial charge in [0.25, 0.3) is 0 Å². The van der Waals surface area contributed by atoms with Crippen LogP contribution in [0.2, 0.25) is 0 Å². The van der Waals surface area contributed by atoms with Crippen LogP contribution in [0.4, 0.5) is 0 Å². The van der Waals surface area contributed by atoms with Crippen LogP contribution < -0.4 is 5.73 Å². The number of nitrogens with two attached hydrogens (primary N) is 1. The Balaban J connectivity index is 0.00000196. The van der Waals surface area contributed by atoms with Crippen LogP contribution >= 0.6 is 12.4 Å². The Morgan fingerprint density at radius 3 is 1.93 bits per heavy atom. The summed E-state index contributed by atoms with van der Waals surface area (Å²) >= 11 is 0. The van der Waals surface area contributed by atoms with Gasteiger partial charge in [0.2, 0.25) is 10.0 Å². The maximum Gasteiger partial charge on any atom is 0.219 e. The molecule has 1 heterocycles. The van der Waals surface area contributed by atoms with E-state index in [4.69, 9.17) is 5.73 Å². The van der Waals surface area contributed by atoms with Gasteiger partial charge in [0.05, 0.1) is 4.75 Å². The summed E-state index contributed by atoms with van der Waals surface area (Å²) in [6.45, 7) is 6.34. The van der Waals surface area contributed by atoms with Gasteiger partial charge in [-0.2, -0.15) is 0 Å². The highest BCUT2D eigenvalue weighted by Crippen LogP contribution is 2.23. The molecule has 4 nitrogen and oxygen atoms in total. The van der Waals surface area contributed by atoms with Crippen molar-refractivity contribution >= 4 is 22.4 Å². The average Bonchev–Trinajstić information content (AvgIpc) is 2.03. The van der Waals surface area contributed by atoms with E-state index in [1.807, 2.05) is 0 Å². The van der Waals surface area contributed by atoms with Gasteiger partial charge in [-0.15, -0.1) is 12.4 Å². The molecule has 0 aromatic carbocycles. The van der Waals surface area contributed by atoms with Crippen molar-refractivity contribution < 1.29 is 8.42 Å². The normalized spacial score (nSPS) is 21.1. The van der Waals surface area contributed by atoms with E-state index in [9.17, 15) is 8.42 Å². The topological polar surface area (TPSA) is 63.4 Å². The van der Waals surface area contributed by atoms with Gasteiger partial charge in [-0.3, -0.25) is 0 Å². The number of piperidine rings is 1. The number of nitrogens with zero attached hydrogens (tertiary/aromatic N) is 1. The fraction of sp³-hybridized carbons (Fsp3) is 1.00. The monoisotopic (exact) mass is 256 g/mol. The Bertz CT molecular complexity index is 290. The van der Waals surface area contributed by atoms with Crippen molar-refractivity contribution in [3.05, 3.63) is 0 Å². The molecule has 1 saturated heterocycles. The lowest BCUT2D eigenvalue weighted by Crippen LogP contribution is -2.48. The Kier molecular flexibility index (Phi) is 5.05. The molecular weight excluding hydrogens is 236 g/mol. The van der Waals surface area contributed by atoms with Crippen LogP contribution in [0.5, 0.6) is 0 Å². The lowest BCUT2D eigenvalue weighted by molar-refractivity contribution is 0.312. The molecule has 0 amide bonds. The molecule has 0 aromatic rings. The number of hydrogen-bond donors (Lipinski definition) is 1. The Morgan fingerprint density at radius 1 is 1.20 bits per heavy atom. The smallest absolute Gasteiger partial charge is 0.219 e. The molecule has 1 aliphatic rings. The first kappa shape index (κ1) is 15.2. The van der Waals surface area contributed by atoms with Crippen LogP contribution in [-0.2, 0) is 10.0 Å². The fourth-order valence-corrected chi connectivity index (χ4v) is 2.97. The molecule has 15 heavy (non-hydrogen) atoms. The fourth-order valence-electron chi connectivity index (χ4n) is 1.50. The number of sulfonamides is 1. The molecule has 0 spiro atoms. The van der Waals surface area contributed by atoms with Gasteiger partial charge < -0.3 is 5.73 Å². The van der Waals surface area contributed by atoms with Crippen LogP contribution in [0.1, 0.15) is 33.6 Å². The molecule has 0 saturated carbocycles. The van der Waals surface area contributed by atoms with Crippen LogP contribution in [0.15, 0.2) is 0 Å². The highest BCUT2D eigenvalue weighted by atomic mass is 35.5. The molecule has 6 heteroatoms. The molecular formula is C9H21ClN2O2S. The molecule has 0 aliphatic carbocycles. The second-order valence-corrected chi connectivity index (χ2v) is 7.55. The molecule has 0 unspecified atom stereocenters. The van der Waals surface area contributed by atoms with Crippen molar-refractivity contribution in [1.29, 1.82) is 0 Å². The van der Waals surface area contributed by atoms with E-state index in [0.717, 1.165) is 12.8 Å². The molecule has 1 fully saturated rings. The SMILES string of the molecule is CC(C)(C)S(=O)(=O)N1CCC(N)CC1.Cl. The lowest BCUT2D eigenvalue weighted by atomic mass is 10.1. The summed E-state index contributed by atoms with van der Waals surface area (Å²) in [7, 11) is -3.15. The second-order valence-electron chi connectivity index (χ2n) is 4.85. The first-order chi connectivity index (χ1) is 6.25. The zero-order chi connectivity index (χ0) is 11.0. The molecule has 2 N–H and O–H groups in total. The summed E-state index contributed by atoms with van der Waals surface area (Å²) in [5.41, 5.74) is 5.73. The zero-order valence-electron chi connectivity index (χ0n) is 9.56. The molecule has 1 aliphatic heterocycles. The first-order valence-electron chi connectivity index (χ1n) is 5.00. The molecule has 0 radical (unpaired) electrons. The van der Waals surface area contributed by atoms with Crippen molar-refractivity contribution in [1.82, 2.24) is 4.31 Å². The number of hydrogen-bond acceptors (Lipinski definition) is 3. The standard InChI is InChI=1S/C9H20N2O2S.ClH/c1-9(2,3)14(12,13)11-6-4-8(10)5-7-11;/h8H,4-7,10H2,1-3H3;1H. The van der Waals surface area contributed by atoms with Crippen LogP contribution in [0.25, 0.3) is 0 Å². The van der Waals surface area contributed by atoms with Gasteiger partial charge in [0, 0.05) is 19.1 Å². The third-order valence-electron chi connectivity index (χ3n) is 2.61. The number of halogens is 1. The average molecular weight is 257 g/mol. The van der Waals surface area contributed by atoms with Crippen LogP contribution in [0.3, 0.4) is 0 Å². The molecule has 0 bridgehead atoms. The highest BCUT2D eigenvalue weighted by molar-refractivity contribution is 7.90. The van der Waals surface area contributed by atoms with Crippen molar-refractivity contribution in [3.63, 3.8) is 0 Å². The van der Waals surface area contributed by atoms with Gasteiger partial charge in [-0.1, -0.05) is 0 Å². The summed E-state index contributed by atoms with van der Waals surface area (Å²) in [5.74, 6) is 0. The van der Waals surface area contributed by atoms with Crippen molar-refractivity contribution in [3.8, 4) is 0 Å². The minimum Gasteiger partial charge on any atom is -0.328 e. The highest BCUT2D eigenvalue weighted by Gasteiger charge is 2.36. The van der Waals surface area contributed by atoms with E-state index in [-0.39, 0.29) is 18.4 Å². The Hall–Kier alpha value is 0.160. The third-order valence-corrected chi connectivity index (χ3v) is 5.21. The Labute approximate surface area is 98.7 Å². The summed E-state index contributed by atoms with van der Waals surface area (Å²) < 4.78 is 24.9. The second kappa shape index (κ2) is 4.99. The van der Waals surface area contributed by atoms with Gasteiger partial charge in [-0.05, 0) is 33.6 Å². The molecule has 1 rings (SSSR count). The van der Waals surface area contributed by atoms with Crippen LogP contribution in [-0.4, -0.2) is 36.6 Å². The minimum atomic E-state index is -3.15. The van der Waals surface area contributed by atoms with Gasteiger partial charge in [0.1, 0.15) is 0 Å². The largest absolute Gasteiger partial charge is 0.328 e. The van der Waals surface area contributed by atoms with Crippen molar-refractivity contribution in [2.75, 3.05) is 13.1 Å². The van der Waals surface area contributed by atoms with E-state index in [0.29, 0.717) is 13.1 Å². The molecule has 92 valence electrons. The first-order valence-corrected chi connectivity index (χ1v) is 6.44. The third kappa shape index (κ3) is 3.31. The zero-order valence-corrected chi connectivity index (χ0v) is 11.2. The quantitative estimate of drug-likeness (QED) is 0.760. The van der Waals surface area contributed by atoms with E-state index in [2.05, 4.69) is 0 Å². The van der Waals surface area contributed by atoms with Crippen molar-refractivity contribution in [2.45, 2.75) is 44.4 Å². The lowest BCUT2D eigenvalue weighted by Gasteiger charge is -2.34. The molecule has 0 atom stereocenters. The van der Waals surface area contributed by atoms with E-state index < -0.39 is 14.8 Å². The van der Waals surface area contributed by atoms with Gasteiger partial charge >= 0.3 is 0 Å². The van der Waals surface area contributed by atoms with Crippen molar-refractivity contribution in [2.24, 2.45) is 5.73 Å². The maximum atomic E-state index is 12.0. The molecule has 0 aromatic heterocycles. The summed E-state index contributed by atoms with van der Waals surface area (Å²) in [4.78, 5) is 0. The van der Waals surface area contributed by atoms with Gasteiger partial charge in [-0.25, -0.2) is 12.7 Å². The predicted octanol–water partition coefficient (Wildman–Crippen LogP) is 0.960. The van der Waals surface area contributed by atoms with Crippen LogP contribution in [0, 0.1) is 0 Å². The maximum absolute atomic E-state index is 12.0. The summed E-state index contributed by atoms with van der Waals surface area (Å²) in [6, 6.07) is 0.168. The van der Waals surface area contributed by atoms with E-state index in [1.54, 1.807) is 25.1 Å².